The normalized spacial score (nSPS) is 14.2. The molecule has 3 rings (SSSR count). The van der Waals surface area contributed by atoms with Gasteiger partial charge in [0, 0.05) is 12.2 Å². The molecule has 110 valence electrons. The summed E-state index contributed by atoms with van der Waals surface area (Å²) in [4.78, 5) is 3.86. The van der Waals surface area contributed by atoms with Crippen LogP contribution in [-0.4, -0.2) is 11.5 Å². The quantitative estimate of drug-likeness (QED) is 0.583. The van der Waals surface area contributed by atoms with Gasteiger partial charge < -0.3 is 4.90 Å². The van der Waals surface area contributed by atoms with Gasteiger partial charge in [0.15, 0.2) is 0 Å². The zero-order valence-corrected chi connectivity index (χ0v) is 11.3. The molecule has 0 bridgehead atoms. The third kappa shape index (κ3) is 2.24. The van der Waals surface area contributed by atoms with Crippen molar-refractivity contribution in [2.24, 2.45) is 0 Å². The van der Waals surface area contributed by atoms with Gasteiger partial charge in [0.05, 0.1) is 0 Å². The summed E-state index contributed by atoms with van der Waals surface area (Å²) in [5, 5.41) is 0. The Bertz CT molecular complexity index is 689. The SMILES string of the molecule is Cc1ccc2c(c1)CCCN2c1c(F)c(F)nc(F)c1F. The summed E-state index contributed by atoms with van der Waals surface area (Å²) in [5.41, 5.74) is 1.76. The number of halogens is 4. The lowest BCUT2D eigenvalue weighted by atomic mass is 9.99. The van der Waals surface area contributed by atoms with E-state index in [0.717, 1.165) is 17.5 Å². The van der Waals surface area contributed by atoms with Crippen LogP contribution in [0.2, 0.25) is 0 Å². The summed E-state index contributed by atoms with van der Waals surface area (Å²) in [6.45, 7) is 2.19. The number of fused-ring (bicyclic) bond motifs is 1. The molecule has 0 atom stereocenters. The van der Waals surface area contributed by atoms with E-state index in [1.54, 1.807) is 12.1 Å². The average molecular weight is 296 g/mol. The largest absolute Gasteiger partial charge is 0.336 e. The van der Waals surface area contributed by atoms with Crippen LogP contribution in [0.1, 0.15) is 17.5 Å². The number of pyridine rings is 1. The summed E-state index contributed by atoms with van der Waals surface area (Å²) in [6, 6.07) is 5.41. The second-order valence-corrected chi connectivity index (χ2v) is 5.06. The summed E-state index contributed by atoms with van der Waals surface area (Å²) in [5.74, 6) is -6.21. The zero-order valence-electron chi connectivity index (χ0n) is 11.3. The molecule has 0 saturated heterocycles. The first-order valence-electron chi connectivity index (χ1n) is 6.56. The number of hydrogen-bond acceptors (Lipinski definition) is 2. The highest BCUT2D eigenvalue weighted by atomic mass is 19.2. The van der Waals surface area contributed by atoms with Gasteiger partial charge in [-0.15, -0.1) is 0 Å². The van der Waals surface area contributed by atoms with Gasteiger partial charge in [-0.25, -0.2) is 0 Å². The van der Waals surface area contributed by atoms with Crippen molar-refractivity contribution in [2.45, 2.75) is 19.8 Å². The second kappa shape index (κ2) is 5.02. The lowest BCUT2D eigenvalue weighted by Crippen LogP contribution is -2.27. The lowest BCUT2D eigenvalue weighted by molar-refractivity contribution is 0.407. The molecule has 1 aliphatic rings. The van der Waals surface area contributed by atoms with Crippen molar-refractivity contribution in [3.05, 3.63) is 52.9 Å². The van der Waals surface area contributed by atoms with E-state index in [1.165, 1.54) is 4.90 Å². The summed E-state index contributed by atoms with van der Waals surface area (Å²) in [6.07, 6.45) is 1.40. The monoisotopic (exact) mass is 296 g/mol. The molecular formula is C15H12F4N2. The summed E-state index contributed by atoms with van der Waals surface area (Å²) >= 11 is 0. The van der Waals surface area contributed by atoms with Gasteiger partial charge in [-0.2, -0.15) is 22.5 Å². The van der Waals surface area contributed by atoms with Crippen LogP contribution in [-0.2, 0) is 6.42 Å². The van der Waals surface area contributed by atoms with Crippen LogP contribution in [0.4, 0.5) is 28.9 Å². The topological polar surface area (TPSA) is 16.1 Å². The molecule has 1 aliphatic heterocycles. The molecule has 0 fully saturated rings. The van der Waals surface area contributed by atoms with Crippen molar-refractivity contribution in [1.29, 1.82) is 0 Å². The van der Waals surface area contributed by atoms with Crippen molar-refractivity contribution in [1.82, 2.24) is 4.98 Å². The minimum absolute atomic E-state index is 0.285. The van der Waals surface area contributed by atoms with E-state index in [-0.39, 0.29) is 6.54 Å². The molecule has 6 heteroatoms. The molecule has 2 nitrogen and oxygen atoms in total. The van der Waals surface area contributed by atoms with Crippen LogP contribution < -0.4 is 4.90 Å². The van der Waals surface area contributed by atoms with Crippen LogP contribution in [0.5, 0.6) is 0 Å². The van der Waals surface area contributed by atoms with E-state index in [0.29, 0.717) is 12.1 Å². The van der Waals surface area contributed by atoms with Crippen LogP contribution in [0.15, 0.2) is 18.2 Å². The molecule has 0 saturated carbocycles. The van der Waals surface area contributed by atoms with Crippen LogP contribution in [0.3, 0.4) is 0 Å². The highest BCUT2D eigenvalue weighted by Gasteiger charge is 2.28. The van der Waals surface area contributed by atoms with Crippen LogP contribution in [0, 0.1) is 30.5 Å². The third-order valence-corrected chi connectivity index (χ3v) is 3.60. The van der Waals surface area contributed by atoms with Gasteiger partial charge in [-0.1, -0.05) is 17.7 Å². The van der Waals surface area contributed by atoms with Gasteiger partial charge in [-0.05, 0) is 31.4 Å². The van der Waals surface area contributed by atoms with Crippen molar-refractivity contribution < 1.29 is 17.6 Å². The van der Waals surface area contributed by atoms with Gasteiger partial charge in [0.1, 0.15) is 5.69 Å². The number of hydrogen-bond donors (Lipinski definition) is 0. The van der Waals surface area contributed by atoms with Crippen LogP contribution in [0.25, 0.3) is 0 Å². The van der Waals surface area contributed by atoms with E-state index in [9.17, 15) is 17.6 Å². The molecule has 0 aliphatic carbocycles. The van der Waals surface area contributed by atoms with Gasteiger partial charge in [0.2, 0.25) is 11.6 Å². The fraction of sp³-hybridized carbons (Fsp3) is 0.267. The van der Waals surface area contributed by atoms with Crippen molar-refractivity contribution in [2.75, 3.05) is 11.4 Å². The van der Waals surface area contributed by atoms with Crippen LogP contribution >= 0.6 is 0 Å². The van der Waals surface area contributed by atoms with Gasteiger partial charge in [-0.3, -0.25) is 0 Å². The number of rotatable bonds is 1. The molecule has 0 radical (unpaired) electrons. The predicted octanol–water partition coefficient (Wildman–Crippen LogP) is 4.03. The fourth-order valence-electron chi connectivity index (χ4n) is 2.67. The number of aromatic nitrogens is 1. The Labute approximate surface area is 119 Å². The van der Waals surface area contributed by atoms with E-state index in [4.69, 9.17) is 0 Å². The molecule has 1 aromatic carbocycles. The molecule has 21 heavy (non-hydrogen) atoms. The van der Waals surface area contributed by atoms with Crippen molar-refractivity contribution in [3.8, 4) is 0 Å². The third-order valence-electron chi connectivity index (χ3n) is 3.60. The molecule has 2 aromatic rings. The Morgan fingerprint density at radius 1 is 1.05 bits per heavy atom. The molecule has 2 heterocycles. The Morgan fingerprint density at radius 2 is 1.71 bits per heavy atom. The van der Waals surface area contributed by atoms with Gasteiger partial charge in [0.25, 0.3) is 11.9 Å². The Balaban J connectivity index is 2.20. The zero-order chi connectivity index (χ0) is 15.1. The highest BCUT2D eigenvalue weighted by molar-refractivity contribution is 5.69. The fourth-order valence-corrected chi connectivity index (χ4v) is 2.67. The minimum atomic E-state index is -1.64. The van der Waals surface area contributed by atoms with Gasteiger partial charge >= 0.3 is 0 Å². The first-order chi connectivity index (χ1) is 9.99. The molecule has 0 amide bonds. The van der Waals surface area contributed by atoms with Crippen molar-refractivity contribution >= 4 is 11.4 Å². The minimum Gasteiger partial charge on any atom is -0.336 e. The lowest BCUT2D eigenvalue weighted by Gasteiger charge is -2.32. The molecular weight excluding hydrogens is 284 g/mol. The first-order valence-corrected chi connectivity index (χ1v) is 6.56. The van der Waals surface area contributed by atoms with E-state index in [1.807, 2.05) is 13.0 Å². The Morgan fingerprint density at radius 3 is 2.38 bits per heavy atom. The first kappa shape index (κ1) is 13.9. The van der Waals surface area contributed by atoms with E-state index >= 15 is 0 Å². The Hall–Kier alpha value is -2.11. The standard InChI is InChI=1S/C15H12F4N2/c1-8-4-5-10-9(7-8)3-2-6-21(10)13-11(16)14(18)20-15(19)12(13)17/h4-5,7H,2-3,6H2,1H3. The Kier molecular flexibility index (Phi) is 3.31. The highest BCUT2D eigenvalue weighted by Crippen LogP contribution is 2.37. The second-order valence-electron chi connectivity index (χ2n) is 5.06. The average Bonchev–Trinajstić information content (AvgIpc) is 2.45. The maximum atomic E-state index is 13.9. The summed E-state index contributed by atoms with van der Waals surface area (Å²) < 4.78 is 54.4. The molecule has 1 aromatic heterocycles. The smallest absolute Gasteiger partial charge is 0.253 e. The predicted molar refractivity (Wildman–Crippen MR) is 70.6 cm³/mol. The number of nitrogens with zero attached hydrogens (tertiary/aromatic N) is 2. The molecule has 0 spiro atoms. The molecule has 0 N–H and O–H groups in total. The summed E-state index contributed by atoms with van der Waals surface area (Å²) in [7, 11) is 0. The maximum Gasteiger partial charge on any atom is 0.253 e. The van der Waals surface area contributed by atoms with E-state index in [2.05, 4.69) is 4.98 Å². The number of aryl methyl sites for hydroxylation is 2. The molecule has 0 unspecified atom stereocenters. The maximum absolute atomic E-state index is 13.9. The van der Waals surface area contributed by atoms with Crippen molar-refractivity contribution in [3.63, 3.8) is 0 Å². The number of anilines is 2. The van der Waals surface area contributed by atoms with E-state index < -0.39 is 29.2 Å². The number of benzene rings is 1.